The Morgan fingerprint density at radius 3 is 2.74 bits per heavy atom. The van der Waals surface area contributed by atoms with Gasteiger partial charge in [-0.25, -0.2) is 4.79 Å². The Hall–Kier alpha value is -2.53. The highest BCUT2D eigenvalue weighted by Gasteiger charge is 2.15. The molecule has 0 amide bonds. The number of methoxy groups -OCH3 is 1. The number of rotatable bonds is 7. The van der Waals surface area contributed by atoms with Gasteiger partial charge < -0.3 is 14.1 Å². The number of ether oxygens (including phenoxy) is 1. The fourth-order valence-electron chi connectivity index (χ4n) is 3.22. The molecule has 1 aromatic heterocycles. The van der Waals surface area contributed by atoms with Gasteiger partial charge in [0.2, 0.25) is 0 Å². The molecule has 0 aliphatic heterocycles. The number of anilines is 1. The highest BCUT2D eigenvalue weighted by molar-refractivity contribution is 9.10. The van der Waals surface area contributed by atoms with Gasteiger partial charge >= 0.3 is 5.63 Å². The van der Waals surface area contributed by atoms with Crippen LogP contribution in [-0.2, 0) is 13.0 Å². The molecule has 0 aliphatic rings. The van der Waals surface area contributed by atoms with Crippen LogP contribution in [0.4, 0.5) is 5.69 Å². The topological polar surface area (TPSA) is 42.7 Å². The lowest BCUT2D eigenvalue weighted by molar-refractivity contribution is 0.414. The van der Waals surface area contributed by atoms with Gasteiger partial charge in [-0.15, -0.1) is 6.58 Å². The summed E-state index contributed by atoms with van der Waals surface area (Å²) in [5, 5.41) is 0.940. The minimum atomic E-state index is -0.340. The molecule has 4 nitrogen and oxygen atoms in total. The summed E-state index contributed by atoms with van der Waals surface area (Å²) in [4.78, 5) is 13.8. The minimum absolute atomic E-state index is 0.340. The van der Waals surface area contributed by atoms with E-state index in [1.165, 1.54) is 6.07 Å². The molecule has 3 rings (SSSR count). The third kappa shape index (κ3) is 4.08. The molecular formula is C22H22BrNO3. The van der Waals surface area contributed by atoms with Crippen molar-refractivity contribution < 1.29 is 9.15 Å². The summed E-state index contributed by atoms with van der Waals surface area (Å²) in [6.45, 7) is 7.57. The summed E-state index contributed by atoms with van der Waals surface area (Å²) < 4.78 is 11.8. The molecule has 3 aromatic rings. The molecule has 0 aliphatic carbocycles. The normalized spacial score (nSPS) is 10.8. The summed E-state index contributed by atoms with van der Waals surface area (Å²) in [6, 6.07) is 13.2. The van der Waals surface area contributed by atoms with Crippen molar-refractivity contribution in [2.24, 2.45) is 0 Å². The third-order valence-electron chi connectivity index (χ3n) is 4.57. The van der Waals surface area contributed by atoms with Crippen LogP contribution in [0.3, 0.4) is 0 Å². The number of nitrogens with zero attached hydrogens (tertiary/aromatic N) is 1. The first-order valence-electron chi connectivity index (χ1n) is 8.81. The molecular weight excluding hydrogens is 406 g/mol. The monoisotopic (exact) mass is 427 g/mol. The highest BCUT2D eigenvalue weighted by Crippen LogP contribution is 2.32. The van der Waals surface area contributed by atoms with E-state index >= 15 is 0 Å². The van der Waals surface area contributed by atoms with Crippen LogP contribution in [0, 0.1) is 0 Å². The fourth-order valence-corrected chi connectivity index (χ4v) is 3.60. The van der Waals surface area contributed by atoms with E-state index in [0.717, 1.165) is 45.5 Å². The molecule has 0 saturated carbocycles. The van der Waals surface area contributed by atoms with Crippen molar-refractivity contribution in [3.05, 3.63) is 81.1 Å². The van der Waals surface area contributed by atoms with Crippen molar-refractivity contribution in [3.8, 4) is 5.75 Å². The molecule has 0 atom stereocenters. The third-order valence-corrected chi connectivity index (χ3v) is 5.35. The average Bonchev–Trinajstić information content (AvgIpc) is 2.68. The van der Waals surface area contributed by atoms with Gasteiger partial charge in [0.1, 0.15) is 11.3 Å². The van der Waals surface area contributed by atoms with E-state index in [2.05, 4.69) is 34.3 Å². The van der Waals surface area contributed by atoms with Gasteiger partial charge in [-0.1, -0.05) is 22.0 Å². The zero-order valence-electron chi connectivity index (χ0n) is 15.5. The molecule has 0 spiro atoms. The minimum Gasteiger partial charge on any atom is -0.497 e. The van der Waals surface area contributed by atoms with E-state index in [9.17, 15) is 4.79 Å². The van der Waals surface area contributed by atoms with E-state index < -0.39 is 0 Å². The standard InChI is InChI=1S/C22H22BrNO3/c1-4-6-17-18-8-12-22(25)27-21(18)11-10-20(17)24(5-2)14-15-13-16(26-3)7-9-19(15)23/h4,7-13H,1,5-6,14H2,2-3H3. The number of halogens is 1. The maximum absolute atomic E-state index is 11.6. The largest absolute Gasteiger partial charge is 0.497 e. The number of benzene rings is 2. The van der Waals surface area contributed by atoms with Crippen molar-refractivity contribution >= 4 is 32.6 Å². The molecule has 5 heteroatoms. The predicted molar refractivity (Wildman–Crippen MR) is 114 cm³/mol. The lowest BCUT2D eigenvalue weighted by Gasteiger charge is -2.27. The van der Waals surface area contributed by atoms with Gasteiger partial charge in [-0.05, 0) is 60.9 Å². The molecule has 1 heterocycles. The smallest absolute Gasteiger partial charge is 0.336 e. The summed E-state index contributed by atoms with van der Waals surface area (Å²) in [7, 11) is 1.67. The van der Waals surface area contributed by atoms with Crippen LogP contribution in [0.25, 0.3) is 11.0 Å². The Bertz CT molecular complexity index is 1030. The second-order valence-electron chi connectivity index (χ2n) is 6.19. The molecule has 27 heavy (non-hydrogen) atoms. The van der Waals surface area contributed by atoms with Gasteiger partial charge in [0, 0.05) is 34.7 Å². The zero-order chi connectivity index (χ0) is 19.4. The Morgan fingerprint density at radius 1 is 1.22 bits per heavy atom. The summed E-state index contributed by atoms with van der Waals surface area (Å²) in [6.07, 6.45) is 2.56. The van der Waals surface area contributed by atoms with E-state index in [1.54, 1.807) is 7.11 Å². The van der Waals surface area contributed by atoms with E-state index in [0.29, 0.717) is 12.0 Å². The second-order valence-corrected chi connectivity index (χ2v) is 7.05. The van der Waals surface area contributed by atoms with Gasteiger partial charge in [0.25, 0.3) is 0 Å². The maximum Gasteiger partial charge on any atom is 0.336 e. The summed E-state index contributed by atoms with van der Waals surface area (Å²) in [5.41, 5.74) is 3.61. The Balaban J connectivity index is 2.08. The second kappa shape index (κ2) is 8.44. The maximum atomic E-state index is 11.6. The number of hydrogen-bond donors (Lipinski definition) is 0. The zero-order valence-corrected chi connectivity index (χ0v) is 17.1. The van der Waals surface area contributed by atoms with Crippen molar-refractivity contribution in [2.45, 2.75) is 19.9 Å². The summed E-state index contributed by atoms with van der Waals surface area (Å²) in [5.74, 6) is 0.829. The van der Waals surface area contributed by atoms with Crippen LogP contribution in [-0.4, -0.2) is 13.7 Å². The van der Waals surface area contributed by atoms with Gasteiger partial charge in [0.15, 0.2) is 0 Å². The van der Waals surface area contributed by atoms with Crippen LogP contribution in [0.2, 0.25) is 0 Å². The number of hydrogen-bond acceptors (Lipinski definition) is 4. The Labute approximate surface area is 167 Å². The van der Waals surface area contributed by atoms with Crippen LogP contribution in [0.1, 0.15) is 18.1 Å². The van der Waals surface area contributed by atoms with Crippen molar-refractivity contribution in [1.29, 1.82) is 0 Å². The summed E-state index contributed by atoms with van der Waals surface area (Å²) >= 11 is 3.64. The van der Waals surface area contributed by atoms with E-state index in [4.69, 9.17) is 9.15 Å². The van der Waals surface area contributed by atoms with Crippen LogP contribution < -0.4 is 15.3 Å². The molecule has 0 radical (unpaired) electrons. The molecule has 0 saturated heterocycles. The molecule has 140 valence electrons. The van der Waals surface area contributed by atoms with Crippen molar-refractivity contribution in [3.63, 3.8) is 0 Å². The molecule has 0 N–H and O–H groups in total. The fraction of sp³-hybridized carbons (Fsp3) is 0.227. The lowest BCUT2D eigenvalue weighted by atomic mass is 10.0. The quantitative estimate of drug-likeness (QED) is 0.378. The van der Waals surface area contributed by atoms with Crippen molar-refractivity contribution in [2.75, 3.05) is 18.6 Å². The van der Waals surface area contributed by atoms with Crippen LogP contribution >= 0.6 is 15.9 Å². The highest BCUT2D eigenvalue weighted by atomic mass is 79.9. The Morgan fingerprint density at radius 2 is 2.04 bits per heavy atom. The lowest BCUT2D eigenvalue weighted by Crippen LogP contribution is -2.23. The SMILES string of the molecule is C=CCc1c(N(CC)Cc2cc(OC)ccc2Br)ccc2oc(=O)ccc12. The first-order chi connectivity index (χ1) is 13.1. The predicted octanol–water partition coefficient (Wildman–Crippen LogP) is 5.32. The molecule has 2 aromatic carbocycles. The van der Waals surface area contributed by atoms with Gasteiger partial charge in [-0.2, -0.15) is 0 Å². The first-order valence-corrected chi connectivity index (χ1v) is 9.60. The van der Waals surface area contributed by atoms with E-state index in [1.807, 2.05) is 42.5 Å². The van der Waals surface area contributed by atoms with Gasteiger partial charge in [-0.3, -0.25) is 0 Å². The molecule has 0 bridgehead atoms. The number of allylic oxidation sites excluding steroid dienone is 1. The van der Waals surface area contributed by atoms with Crippen LogP contribution in [0.15, 0.2) is 68.8 Å². The molecule has 0 fully saturated rings. The number of fused-ring (bicyclic) bond motifs is 1. The first kappa shape index (κ1) is 19.2. The van der Waals surface area contributed by atoms with Crippen LogP contribution in [0.5, 0.6) is 5.75 Å². The molecule has 0 unspecified atom stereocenters. The Kier molecular flexibility index (Phi) is 6.01. The van der Waals surface area contributed by atoms with Crippen molar-refractivity contribution in [1.82, 2.24) is 0 Å². The average molecular weight is 428 g/mol. The van der Waals surface area contributed by atoms with Gasteiger partial charge in [0.05, 0.1) is 7.11 Å². The van der Waals surface area contributed by atoms with E-state index in [-0.39, 0.29) is 5.63 Å².